The van der Waals surface area contributed by atoms with E-state index in [1.807, 2.05) is 0 Å². The van der Waals surface area contributed by atoms with Crippen molar-refractivity contribution in [2.75, 3.05) is 17.6 Å². The normalized spacial score (nSPS) is 11.0. The van der Waals surface area contributed by atoms with Gasteiger partial charge in [0.25, 0.3) is 5.69 Å². The van der Waals surface area contributed by atoms with Gasteiger partial charge < -0.3 is 10.4 Å². The number of hydrogen-bond donors (Lipinski definition) is 3. The number of hydrogen-bond acceptors (Lipinski definition) is 6. The van der Waals surface area contributed by atoms with E-state index in [0.717, 1.165) is 6.07 Å². The van der Waals surface area contributed by atoms with Crippen molar-refractivity contribution < 1.29 is 23.2 Å². The Balaban J connectivity index is 2.94. The number of benzene rings is 1. The Morgan fingerprint density at radius 1 is 1.47 bits per heavy atom. The van der Waals surface area contributed by atoms with Crippen LogP contribution in [0.4, 0.5) is 11.4 Å². The van der Waals surface area contributed by atoms with Crippen LogP contribution in [0.2, 0.25) is 0 Å². The van der Waals surface area contributed by atoms with Crippen LogP contribution in [0, 0.1) is 10.1 Å². The largest absolute Gasteiger partial charge is 0.478 e. The van der Waals surface area contributed by atoms with Crippen molar-refractivity contribution in [2.45, 2.75) is 0 Å². The van der Waals surface area contributed by atoms with Gasteiger partial charge in [-0.05, 0) is 12.1 Å². The lowest BCUT2D eigenvalue weighted by Crippen LogP contribution is -2.22. The molecule has 9 nitrogen and oxygen atoms in total. The molecule has 1 aromatic rings. The first-order valence-corrected chi connectivity index (χ1v) is 6.68. The van der Waals surface area contributed by atoms with Crippen molar-refractivity contribution >= 4 is 27.4 Å². The van der Waals surface area contributed by atoms with E-state index in [9.17, 15) is 23.3 Å². The fraction of sp³-hybridized carbons (Fsp3) is 0.222. The maximum Gasteiger partial charge on any atom is 0.335 e. The second-order valence-electron chi connectivity index (χ2n) is 3.59. The van der Waals surface area contributed by atoms with E-state index < -0.39 is 32.4 Å². The molecular weight excluding hydrogens is 278 g/mol. The lowest BCUT2D eigenvalue weighted by atomic mass is 10.1. The summed E-state index contributed by atoms with van der Waals surface area (Å²) in [6, 6.07) is 3.26. The zero-order valence-corrected chi connectivity index (χ0v) is 10.4. The molecule has 0 saturated carbocycles. The first-order chi connectivity index (χ1) is 8.70. The Kier molecular flexibility index (Phi) is 4.40. The number of nitrogens with two attached hydrogens (primary N) is 1. The minimum absolute atomic E-state index is 0.0265. The number of carboxylic acids is 1. The highest BCUT2D eigenvalue weighted by Crippen LogP contribution is 2.25. The van der Waals surface area contributed by atoms with Gasteiger partial charge in [-0.1, -0.05) is 0 Å². The highest BCUT2D eigenvalue weighted by molar-refractivity contribution is 7.89. The molecule has 19 heavy (non-hydrogen) atoms. The lowest BCUT2D eigenvalue weighted by Gasteiger charge is -2.06. The Labute approximate surface area is 108 Å². The number of anilines is 1. The molecule has 0 atom stereocenters. The van der Waals surface area contributed by atoms with Crippen molar-refractivity contribution in [3.8, 4) is 0 Å². The van der Waals surface area contributed by atoms with Gasteiger partial charge in [0.15, 0.2) is 0 Å². The van der Waals surface area contributed by atoms with Gasteiger partial charge in [0.1, 0.15) is 5.69 Å². The number of nitro benzene ring substituents is 1. The van der Waals surface area contributed by atoms with Gasteiger partial charge in [-0.2, -0.15) is 0 Å². The molecule has 0 bridgehead atoms. The molecule has 0 spiro atoms. The SMILES string of the molecule is NS(=O)(=O)CCNc1ccc(C(=O)O)cc1[N+](=O)[O-]. The fourth-order valence-electron chi connectivity index (χ4n) is 1.29. The summed E-state index contributed by atoms with van der Waals surface area (Å²) in [5.74, 6) is -1.69. The lowest BCUT2D eigenvalue weighted by molar-refractivity contribution is -0.384. The summed E-state index contributed by atoms with van der Waals surface area (Å²) in [7, 11) is -3.68. The van der Waals surface area contributed by atoms with Crippen molar-refractivity contribution in [3.63, 3.8) is 0 Å². The molecule has 0 aliphatic rings. The third kappa shape index (κ3) is 4.52. The Bertz CT molecular complexity index is 612. The van der Waals surface area contributed by atoms with Gasteiger partial charge in [0.2, 0.25) is 10.0 Å². The summed E-state index contributed by atoms with van der Waals surface area (Å²) >= 11 is 0. The summed E-state index contributed by atoms with van der Waals surface area (Å²) in [6.45, 7) is -0.119. The number of nitrogens with one attached hydrogen (secondary N) is 1. The van der Waals surface area contributed by atoms with E-state index in [1.54, 1.807) is 0 Å². The molecule has 0 aliphatic heterocycles. The number of primary sulfonamides is 1. The second-order valence-corrected chi connectivity index (χ2v) is 5.32. The summed E-state index contributed by atoms with van der Waals surface area (Å²) in [6.07, 6.45) is 0. The zero-order valence-electron chi connectivity index (χ0n) is 9.57. The molecule has 4 N–H and O–H groups in total. The number of carbonyl (C=O) groups is 1. The number of rotatable bonds is 6. The van der Waals surface area contributed by atoms with Crippen molar-refractivity contribution in [1.29, 1.82) is 0 Å². The summed E-state index contributed by atoms with van der Waals surface area (Å²) in [5.41, 5.74) is -0.656. The molecule has 0 fully saturated rings. The molecule has 0 aromatic heterocycles. The van der Waals surface area contributed by atoms with E-state index in [4.69, 9.17) is 10.2 Å². The van der Waals surface area contributed by atoms with Crippen molar-refractivity contribution in [3.05, 3.63) is 33.9 Å². The van der Waals surface area contributed by atoms with Crippen LogP contribution in [0.3, 0.4) is 0 Å². The van der Waals surface area contributed by atoms with E-state index in [-0.39, 0.29) is 17.8 Å². The van der Waals surface area contributed by atoms with Gasteiger partial charge in [-0.3, -0.25) is 10.1 Å². The fourth-order valence-corrected chi connectivity index (χ4v) is 1.68. The number of carboxylic acid groups (broad SMARTS) is 1. The van der Waals surface area contributed by atoms with Crippen LogP contribution in [-0.4, -0.2) is 36.7 Å². The molecule has 0 saturated heterocycles. The van der Waals surface area contributed by atoms with E-state index in [0.29, 0.717) is 0 Å². The van der Waals surface area contributed by atoms with Crippen LogP contribution in [-0.2, 0) is 10.0 Å². The van der Waals surface area contributed by atoms with E-state index in [1.165, 1.54) is 12.1 Å². The van der Waals surface area contributed by atoms with E-state index in [2.05, 4.69) is 5.32 Å². The molecule has 1 rings (SSSR count). The zero-order chi connectivity index (χ0) is 14.6. The topological polar surface area (TPSA) is 153 Å². The first-order valence-electron chi connectivity index (χ1n) is 4.97. The summed E-state index contributed by atoms with van der Waals surface area (Å²) in [4.78, 5) is 20.7. The average Bonchev–Trinajstić information content (AvgIpc) is 2.27. The number of nitro groups is 1. The Morgan fingerprint density at radius 2 is 2.11 bits per heavy atom. The van der Waals surface area contributed by atoms with Gasteiger partial charge in [0.05, 0.1) is 16.2 Å². The molecule has 0 heterocycles. The number of aromatic carboxylic acids is 1. The first kappa shape index (κ1) is 14.9. The van der Waals surface area contributed by atoms with Gasteiger partial charge in [0, 0.05) is 12.6 Å². The van der Waals surface area contributed by atoms with Gasteiger partial charge >= 0.3 is 5.97 Å². The molecule has 0 radical (unpaired) electrons. The predicted molar refractivity (Wildman–Crippen MR) is 66.5 cm³/mol. The highest BCUT2D eigenvalue weighted by atomic mass is 32.2. The van der Waals surface area contributed by atoms with Crippen LogP contribution in [0.25, 0.3) is 0 Å². The van der Waals surface area contributed by atoms with Crippen molar-refractivity contribution in [1.82, 2.24) is 0 Å². The molecular formula is C9H11N3O6S. The smallest absolute Gasteiger partial charge is 0.335 e. The molecule has 1 aromatic carbocycles. The molecule has 0 aliphatic carbocycles. The van der Waals surface area contributed by atoms with Crippen LogP contribution >= 0.6 is 0 Å². The van der Waals surface area contributed by atoms with Crippen LogP contribution in [0.15, 0.2) is 18.2 Å². The third-order valence-electron chi connectivity index (χ3n) is 2.14. The Morgan fingerprint density at radius 3 is 2.58 bits per heavy atom. The average molecular weight is 289 g/mol. The van der Waals surface area contributed by atoms with Gasteiger partial charge in [-0.25, -0.2) is 18.4 Å². The van der Waals surface area contributed by atoms with Gasteiger partial charge in [-0.15, -0.1) is 0 Å². The molecule has 0 unspecified atom stereocenters. The Hall–Kier alpha value is -2.20. The summed E-state index contributed by atoms with van der Waals surface area (Å²) < 4.78 is 21.4. The third-order valence-corrected chi connectivity index (χ3v) is 2.92. The standard InChI is InChI=1S/C9H11N3O6S/c10-19(17,18)4-3-11-7-2-1-6(9(13)14)5-8(7)12(15)16/h1-2,5,11H,3-4H2,(H,13,14)(H2,10,17,18). The molecule has 104 valence electrons. The van der Waals surface area contributed by atoms with Crippen LogP contribution < -0.4 is 10.5 Å². The van der Waals surface area contributed by atoms with Crippen molar-refractivity contribution in [2.24, 2.45) is 5.14 Å². The van der Waals surface area contributed by atoms with Crippen LogP contribution in [0.1, 0.15) is 10.4 Å². The molecule has 10 heteroatoms. The monoisotopic (exact) mass is 289 g/mol. The maximum absolute atomic E-state index is 10.8. The molecule has 0 amide bonds. The van der Waals surface area contributed by atoms with Crippen LogP contribution in [0.5, 0.6) is 0 Å². The number of nitrogens with zero attached hydrogens (tertiary/aromatic N) is 1. The summed E-state index contributed by atoms with van der Waals surface area (Å²) in [5, 5.41) is 26.8. The minimum atomic E-state index is -3.68. The number of sulfonamides is 1. The quantitative estimate of drug-likeness (QED) is 0.491. The highest BCUT2D eigenvalue weighted by Gasteiger charge is 2.17. The maximum atomic E-state index is 10.8. The minimum Gasteiger partial charge on any atom is -0.478 e. The second kappa shape index (κ2) is 5.63. The van der Waals surface area contributed by atoms with E-state index >= 15 is 0 Å². The predicted octanol–water partition coefficient (Wildman–Crippen LogP) is -0.00660.